The number of carbonyl (C=O) groups excluding carboxylic acids is 2. The molecule has 0 N–H and O–H groups in total. The van der Waals surface area contributed by atoms with Crippen molar-refractivity contribution >= 4 is 11.9 Å². The number of allylic oxidation sites excluding steroid dienone is 2. The summed E-state index contributed by atoms with van der Waals surface area (Å²) in [6, 6.07) is 0. The van der Waals surface area contributed by atoms with Crippen molar-refractivity contribution in [3.05, 3.63) is 11.6 Å². The summed E-state index contributed by atoms with van der Waals surface area (Å²) >= 11 is 0. The minimum absolute atomic E-state index is 0.0714. The van der Waals surface area contributed by atoms with Crippen molar-refractivity contribution in [3.8, 4) is 0 Å². The Hall–Kier alpha value is -1.12. The van der Waals surface area contributed by atoms with E-state index in [0.29, 0.717) is 0 Å². The lowest BCUT2D eigenvalue weighted by atomic mass is 9.40. The molecule has 1 saturated heterocycles. The molecule has 0 amide bonds. The van der Waals surface area contributed by atoms with Crippen LogP contribution in [0.2, 0.25) is 0 Å². The van der Waals surface area contributed by atoms with Crippen LogP contribution in [-0.2, 0) is 14.3 Å². The van der Waals surface area contributed by atoms with Crippen LogP contribution < -0.4 is 0 Å². The van der Waals surface area contributed by atoms with E-state index in [0.717, 1.165) is 0 Å². The summed E-state index contributed by atoms with van der Waals surface area (Å²) in [5.74, 6) is -0.713. The van der Waals surface area contributed by atoms with Crippen LogP contribution in [0.3, 0.4) is 0 Å². The third-order valence-electron chi connectivity index (χ3n) is 3.81. The van der Waals surface area contributed by atoms with E-state index in [4.69, 9.17) is 0 Å². The fourth-order valence-electron chi connectivity index (χ4n) is 3.38. The van der Waals surface area contributed by atoms with Crippen LogP contribution in [0.5, 0.6) is 0 Å². The van der Waals surface area contributed by atoms with Crippen molar-refractivity contribution in [2.24, 2.45) is 23.2 Å². The lowest BCUT2D eigenvalue weighted by molar-refractivity contribution is -0.153. The number of esters is 2. The smallest absolute Gasteiger partial charge is 0.318 e. The Morgan fingerprint density at radius 2 is 2.00 bits per heavy atom. The summed E-state index contributed by atoms with van der Waals surface area (Å²) in [5.41, 5.74) is 1.16. The second-order valence-corrected chi connectivity index (χ2v) is 4.48. The highest BCUT2D eigenvalue weighted by molar-refractivity contribution is 6.00. The first-order valence-corrected chi connectivity index (χ1v) is 4.50. The molecule has 4 atom stereocenters. The highest BCUT2D eigenvalue weighted by Crippen LogP contribution is 2.68. The second-order valence-electron chi connectivity index (χ2n) is 4.48. The van der Waals surface area contributed by atoms with E-state index >= 15 is 0 Å². The zero-order valence-electron chi connectivity index (χ0n) is 7.53. The first kappa shape index (κ1) is 7.30. The van der Waals surface area contributed by atoms with Gasteiger partial charge in [-0.15, -0.1) is 0 Å². The molecule has 3 heteroatoms. The van der Waals surface area contributed by atoms with E-state index in [9.17, 15) is 9.59 Å². The number of hydrogen-bond donors (Lipinski definition) is 0. The molecule has 2 fully saturated rings. The van der Waals surface area contributed by atoms with Gasteiger partial charge in [0.2, 0.25) is 0 Å². The Morgan fingerprint density at radius 1 is 1.31 bits per heavy atom. The van der Waals surface area contributed by atoms with Gasteiger partial charge in [0.05, 0.1) is 11.8 Å². The Labute approximate surface area is 75.8 Å². The average molecular weight is 178 g/mol. The first-order chi connectivity index (χ1) is 6.05. The molecular weight excluding hydrogens is 168 g/mol. The summed E-state index contributed by atoms with van der Waals surface area (Å²) in [5, 5.41) is 0. The predicted molar refractivity (Wildman–Crippen MR) is 43.4 cm³/mol. The van der Waals surface area contributed by atoms with E-state index in [1.807, 2.05) is 13.8 Å². The second kappa shape index (κ2) is 1.72. The lowest BCUT2D eigenvalue weighted by Crippen LogP contribution is -2.61. The molecular formula is C10H10O3. The SMILES string of the molecule is CC1=C[C@]2(C)C3C(=O)OC(=O)C3[C@@H]12. The molecule has 2 unspecified atom stereocenters. The van der Waals surface area contributed by atoms with E-state index in [1.54, 1.807) is 0 Å². The molecule has 3 rings (SSSR count). The van der Waals surface area contributed by atoms with Gasteiger partial charge in [-0.2, -0.15) is 0 Å². The van der Waals surface area contributed by atoms with Crippen LogP contribution in [0.25, 0.3) is 0 Å². The van der Waals surface area contributed by atoms with E-state index < -0.39 is 0 Å². The van der Waals surface area contributed by atoms with Gasteiger partial charge in [-0.05, 0) is 6.92 Å². The molecule has 0 aromatic carbocycles. The van der Waals surface area contributed by atoms with Gasteiger partial charge in [0.15, 0.2) is 0 Å². The van der Waals surface area contributed by atoms with Crippen molar-refractivity contribution in [2.75, 3.05) is 0 Å². The predicted octanol–water partition coefficient (Wildman–Crippen LogP) is 0.898. The third kappa shape index (κ3) is 0.539. The number of fused-ring (bicyclic) bond motifs is 4. The Balaban J connectivity index is 2.07. The third-order valence-corrected chi connectivity index (χ3v) is 3.81. The molecule has 1 aliphatic heterocycles. The van der Waals surface area contributed by atoms with Gasteiger partial charge in [0, 0.05) is 11.3 Å². The summed E-state index contributed by atoms with van der Waals surface area (Å²) in [7, 11) is 0. The van der Waals surface area contributed by atoms with Crippen molar-refractivity contribution < 1.29 is 14.3 Å². The van der Waals surface area contributed by atoms with Gasteiger partial charge in [0.1, 0.15) is 0 Å². The number of cyclic esters (lactones) is 2. The van der Waals surface area contributed by atoms with Gasteiger partial charge in [-0.25, -0.2) is 0 Å². The largest absolute Gasteiger partial charge is 0.393 e. The highest BCUT2D eigenvalue weighted by Gasteiger charge is 2.72. The quantitative estimate of drug-likeness (QED) is 0.314. The maximum atomic E-state index is 11.3. The summed E-state index contributed by atoms with van der Waals surface area (Å²) < 4.78 is 4.63. The van der Waals surface area contributed by atoms with Crippen LogP contribution in [0.4, 0.5) is 0 Å². The molecule has 2 aliphatic carbocycles. The maximum absolute atomic E-state index is 11.3. The molecule has 0 spiro atoms. The monoisotopic (exact) mass is 178 g/mol. The van der Waals surface area contributed by atoms with Gasteiger partial charge >= 0.3 is 11.9 Å². The topological polar surface area (TPSA) is 43.4 Å². The van der Waals surface area contributed by atoms with Crippen molar-refractivity contribution in [3.63, 3.8) is 0 Å². The Kier molecular flexibility index (Phi) is 0.963. The van der Waals surface area contributed by atoms with Gasteiger partial charge in [-0.3, -0.25) is 9.59 Å². The normalized spacial score (nSPS) is 51.2. The summed E-state index contributed by atoms with van der Waals surface area (Å²) in [6.45, 7) is 4.05. The molecule has 0 aromatic heterocycles. The summed E-state index contributed by atoms with van der Waals surface area (Å²) in [4.78, 5) is 22.5. The zero-order valence-corrected chi connectivity index (χ0v) is 7.53. The number of carbonyl (C=O) groups is 2. The minimum Gasteiger partial charge on any atom is -0.393 e. The number of hydrogen-bond acceptors (Lipinski definition) is 3. The van der Waals surface area contributed by atoms with Gasteiger partial charge in [-0.1, -0.05) is 18.6 Å². The van der Waals surface area contributed by atoms with Crippen molar-refractivity contribution in [2.45, 2.75) is 13.8 Å². The summed E-state index contributed by atoms with van der Waals surface area (Å²) in [6.07, 6.45) is 2.10. The standard InChI is InChI=1S/C10H10O3/c1-4-3-10(2)6(4)5-7(10)9(12)13-8(5)11/h3,5-7H,1-2H3/t5?,6-,7?,10+/m1/s1. The van der Waals surface area contributed by atoms with E-state index in [2.05, 4.69) is 10.8 Å². The molecule has 0 bridgehead atoms. The molecule has 1 heterocycles. The van der Waals surface area contributed by atoms with Gasteiger partial charge < -0.3 is 4.74 Å². The highest BCUT2D eigenvalue weighted by atomic mass is 16.6. The minimum atomic E-state index is -0.322. The van der Waals surface area contributed by atoms with Crippen LogP contribution >= 0.6 is 0 Å². The lowest BCUT2D eigenvalue weighted by Gasteiger charge is -2.59. The van der Waals surface area contributed by atoms with E-state index in [1.165, 1.54) is 5.57 Å². The van der Waals surface area contributed by atoms with Crippen LogP contribution in [0.1, 0.15) is 13.8 Å². The Morgan fingerprint density at radius 3 is 2.62 bits per heavy atom. The van der Waals surface area contributed by atoms with Crippen LogP contribution in [-0.4, -0.2) is 11.9 Å². The molecule has 0 aromatic rings. The van der Waals surface area contributed by atoms with Crippen LogP contribution in [0, 0.1) is 23.2 Å². The average Bonchev–Trinajstić information content (AvgIpc) is 2.23. The molecule has 68 valence electrons. The Bertz CT molecular complexity index is 368. The molecule has 3 nitrogen and oxygen atoms in total. The first-order valence-electron chi connectivity index (χ1n) is 4.50. The zero-order chi connectivity index (χ0) is 9.38. The number of ether oxygens (including phenoxy) is 1. The molecule has 0 radical (unpaired) electrons. The van der Waals surface area contributed by atoms with Crippen molar-refractivity contribution in [1.82, 2.24) is 0 Å². The van der Waals surface area contributed by atoms with Crippen molar-refractivity contribution in [1.29, 1.82) is 0 Å². The maximum Gasteiger partial charge on any atom is 0.318 e. The molecule has 13 heavy (non-hydrogen) atoms. The molecule has 3 aliphatic rings. The fourth-order valence-corrected chi connectivity index (χ4v) is 3.38. The molecule has 1 saturated carbocycles. The fraction of sp³-hybridized carbons (Fsp3) is 0.600. The van der Waals surface area contributed by atoms with Gasteiger partial charge in [0.25, 0.3) is 0 Å². The van der Waals surface area contributed by atoms with E-state index in [-0.39, 0.29) is 35.1 Å². The van der Waals surface area contributed by atoms with Crippen LogP contribution in [0.15, 0.2) is 11.6 Å². The number of rotatable bonds is 0.